The lowest BCUT2D eigenvalue weighted by Crippen LogP contribution is -2.20. The van der Waals surface area contributed by atoms with Gasteiger partial charge in [-0.15, -0.1) is 0 Å². The molecule has 0 bridgehead atoms. The summed E-state index contributed by atoms with van der Waals surface area (Å²) in [6.07, 6.45) is 1.57. The monoisotopic (exact) mass is 305 g/mol. The molecule has 0 spiro atoms. The summed E-state index contributed by atoms with van der Waals surface area (Å²) in [5, 5.41) is 0.121. The van der Waals surface area contributed by atoms with Gasteiger partial charge in [0.1, 0.15) is 11.6 Å². The van der Waals surface area contributed by atoms with Gasteiger partial charge in [0, 0.05) is 11.6 Å². The Balaban J connectivity index is 1.83. The number of nitrogens with two attached hydrogens (primary N) is 1. The van der Waals surface area contributed by atoms with E-state index in [1.807, 2.05) is 18.2 Å². The Hall–Kier alpha value is -1.58. The lowest BCUT2D eigenvalue weighted by Gasteiger charge is -2.28. The molecular formula is C17H17ClFNO. The van der Waals surface area contributed by atoms with Crippen LogP contribution in [0.1, 0.15) is 35.9 Å². The molecule has 1 aliphatic rings. The van der Waals surface area contributed by atoms with Gasteiger partial charge in [-0.05, 0) is 36.5 Å². The molecule has 0 saturated heterocycles. The molecule has 0 aliphatic carbocycles. The van der Waals surface area contributed by atoms with Gasteiger partial charge in [-0.25, -0.2) is 4.39 Å². The van der Waals surface area contributed by atoms with E-state index < -0.39 is 5.82 Å². The summed E-state index contributed by atoms with van der Waals surface area (Å²) in [5.74, 6) is 0.780. The molecule has 4 heteroatoms. The molecule has 1 aliphatic heterocycles. The highest BCUT2D eigenvalue weighted by Gasteiger charge is 2.25. The first kappa shape index (κ1) is 14.4. The Kier molecular flexibility index (Phi) is 4.13. The maximum absolute atomic E-state index is 14.1. The fourth-order valence-corrected chi connectivity index (χ4v) is 3.08. The van der Waals surface area contributed by atoms with E-state index in [1.54, 1.807) is 12.1 Å². The second-order valence-corrected chi connectivity index (χ2v) is 5.76. The molecule has 21 heavy (non-hydrogen) atoms. The van der Waals surface area contributed by atoms with Gasteiger partial charge >= 0.3 is 0 Å². The van der Waals surface area contributed by atoms with Crippen molar-refractivity contribution in [2.75, 3.05) is 6.61 Å². The summed E-state index contributed by atoms with van der Waals surface area (Å²) in [4.78, 5) is 0. The number of hydrogen-bond donors (Lipinski definition) is 1. The van der Waals surface area contributed by atoms with Crippen LogP contribution in [0.15, 0.2) is 42.5 Å². The first-order valence-corrected chi connectivity index (χ1v) is 7.46. The van der Waals surface area contributed by atoms with Crippen LogP contribution in [-0.4, -0.2) is 6.61 Å². The zero-order valence-corrected chi connectivity index (χ0v) is 12.3. The average Bonchev–Trinajstić information content (AvgIpc) is 2.50. The largest absolute Gasteiger partial charge is 0.493 e. The van der Waals surface area contributed by atoms with Crippen LogP contribution < -0.4 is 10.5 Å². The molecule has 0 amide bonds. The van der Waals surface area contributed by atoms with Crippen molar-refractivity contribution in [3.8, 4) is 5.75 Å². The van der Waals surface area contributed by atoms with Crippen molar-refractivity contribution >= 4 is 11.6 Å². The Morgan fingerprint density at radius 3 is 2.90 bits per heavy atom. The first-order valence-electron chi connectivity index (χ1n) is 7.08. The smallest absolute Gasteiger partial charge is 0.146 e. The van der Waals surface area contributed by atoms with Gasteiger partial charge in [-0.2, -0.15) is 0 Å². The third-order valence-corrected chi connectivity index (χ3v) is 4.29. The van der Waals surface area contributed by atoms with E-state index in [9.17, 15) is 4.39 Å². The fraction of sp³-hybridized carbons (Fsp3) is 0.294. The number of ether oxygens (including phenoxy) is 1. The number of hydrogen-bond acceptors (Lipinski definition) is 2. The van der Waals surface area contributed by atoms with E-state index in [0.717, 1.165) is 17.7 Å². The van der Waals surface area contributed by atoms with Crippen molar-refractivity contribution in [2.24, 2.45) is 5.73 Å². The van der Waals surface area contributed by atoms with Crippen molar-refractivity contribution in [2.45, 2.75) is 24.8 Å². The molecule has 2 aromatic rings. The van der Waals surface area contributed by atoms with Crippen molar-refractivity contribution in [1.29, 1.82) is 0 Å². The van der Waals surface area contributed by atoms with E-state index in [-0.39, 0.29) is 17.0 Å². The van der Waals surface area contributed by atoms with Crippen LogP contribution in [0, 0.1) is 5.82 Å². The number of benzene rings is 2. The van der Waals surface area contributed by atoms with Crippen LogP contribution in [0.5, 0.6) is 5.75 Å². The van der Waals surface area contributed by atoms with Crippen LogP contribution in [0.25, 0.3) is 0 Å². The normalized spacial score (nSPS) is 18.7. The number of halogens is 2. The van der Waals surface area contributed by atoms with Crippen LogP contribution in [0.4, 0.5) is 4.39 Å². The maximum Gasteiger partial charge on any atom is 0.146 e. The molecule has 0 fully saturated rings. The van der Waals surface area contributed by atoms with Crippen molar-refractivity contribution < 1.29 is 9.13 Å². The minimum Gasteiger partial charge on any atom is -0.493 e. The topological polar surface area (TPSA) is 35.2 Å². The SMILES string of the molecule is NC(CC1CCOc2ccccc21)c1cccc(Cl)c1F. The summed E-state index contributed by atoms with van der Waals surface area (Å²) in [6.45, 7) is 0.673. The van der Waals surface area contributed by atoms with E-state index in [0.29, 0.717) is 18.6 Å². The fourth-order valence-electron chi connectivity index (χ4n) is 2.90. The Bertz CT molecular complexity index is 646. The zero-order chi connectivity index (χ0) is 14.8. The summed E-state index contributed by atoms with van der Waals surface area (Å²) >= 11 is 5.83. The Morgan fingerprint density at radius 1 is 1.24 bits per heavy atom. The van der Waals surface area contributed by atoms with Crippen LogP contribution in [0.2, 0.25) is 5.02 Å². The van der Waals surface area contributed by atoms with E-state index in [4.69, 9.17) is 22.1 Å². The van der Waals surface area contributed by atoms with Crippen LogP contribution in [0.3, 0.4) is 0 Å². The first-order chi connectivity index (χ1) is 10.2. The van der Waals surface area contributed by atoms with Crippen molar-refractivity contribution in [3.63, 3.8) is 0 Å². The maximum atomic E-state index is 14.1. The number of rotatable bonds is 3. The van der Waals surface area contributed by atoms with Gasteiger partial charge in [0.2, 0.25) is 0 Å². The molecule has 0 radical (unpaired) electrons. The highest BCUT2D eigenvalue weighted by molar-refractivity contribution is 6.30. The molecule has 0 saturated carbocycles. The third-order valence-electron chi connectivity index (χ3n) is 4.00. The van der Waals surface area contributed by atoms with Crippen molar-refractivity contribution in [1.82, 2.24) is 0 Å². The lowest BCUT2D eigenvalue weighted by atomic mass is 9.86. The Labute approximate surface area is 128 Å². The molecule has 2 N–H and O–H groups in total. The van der Waals surface area contributed by atoms with E-state index >= 15 is 0 Å². The Morgan fingerprint density at radius 2 is 2.05 bits per heavy atom. The number of para-hydroxylation sites is 1. The second-order valence-electron chi connectivity index (χ2n) is 5.36. The highest BCUT2D eigenvalue weighted by atomic mass is 35.5. The summed E-state index contributed by atoms with van der Waals surface area (Å²) in [7, 11) is 0. The van der Waals surface area contributed by atoms with Crippen LogP contribution >= 0.6 is 11.6 Å². The molecule has 2 aromatic carbocycles. The zero-order valence-electron chi connectivity index (χ0n) is 11.6. The molecule has 0 aromatic heterocycles. The van der Waals surface area contributed by atoms with Gasteiger partial charge in [-0.3, -0.25) is 0 Å². The van der Waals surface area contributed by atoms with Gasteiger partial charge in [0.15, 0.2) is 0 Å². The standard InChI is InChI=1S/C17H17ClFNO/c18-14-6-3-5-13(17(14)19)15(20)10-11-8-9-21-16-7-2-1-4-12(11)16/h1-7,11,15H,8-10,20H2. The summed E-state index contributed by atoms with van der Waals surface area (Å²) < 4.78 is 19.7. The molecule has 3 rings (SSSR count). The average molecular weight is 306 g/mol. The highest BCUT2D eigenvalue weighted by Crippen LogP contribution is 2.38. The van der Waals surface area contributed by atoms with E-state index in [1.165, 1.54) is 6.07 Å². The molecule has 1 heterocycles. The predicted octanol–water partition coefficient (Wildman–Crippen LogP) is 4.44. The van der Waals surface area contributed by atoms with Crippen LogP contribution in [-0.2, 0) is 0 Å². The molecule has 110 valence electrons. The number of fused-ring (bicyclic) bond motifs is 1. The molecule has 2 atom stereocenters. The second kappa shape index (κ2) is 6.04. The minimum atomic E-state index is -0.410. The summed E-state index contributed by atoms with van der Waals surface area (Å²) in [6, 6.07) is 12.6. The quantitative estimate of drug-likeness (QED) is 0.910. The third kappa shape index (κ3) is 2.89. The predicted molar refractivity (Wildman–Crippen MR) is 82.3 cm³/mol. The lowest BCUT2D eigenvalue weighted by molar-refractivity contribution is 0.259. The summed E-state index contributed by atoms with van der Waals surface area (Å²) in [5.41, 5.74) is 7.85. The van der Waals surface area contributed by atoms with Gasteiger partial charge < -0.3 is 10.5 Å². The van der Waals surface area contributed by atoms with Gasteiger partial charge in [0.25, 0.3) is 0 Å². The van der Waals surface area contributed by atoms with Gasteiger partial charge in [-0.1, -0.05) is 41.9 Å². The molecule has 2 unspecified atom stereocenters. The van der Waals surface area contributed by atoms with E-state index in [2.05, 4.69) is 6.07 Å². The molecule has 2 nitrogen and oxygen atoms in total. The van der Waals surface area contributed by atoms with Crippen molar-refractivity contribution in [3.05, 3.63) is 64.4 Å². The molecular weight excluding hydrogens is 289 g/mol. The minimum absolute atomic E-state index is 0.121. The van der Waals surface area contributed by atoms with Gasteiger partial charge in [0.05, 0.1) is 11.6 Å².